The monoisotopic (exact) mass is 291 g/mol. The molecule has 1 fully saturated rings. The standard InChI is InChI=1S/C16H25N3O2/c1-3-13-7-8-18(15(9-13)10-17)11-14-5-4-6-16(12(14)2)19(20)21/h4-6,13,15H,3,7-11,17H2,1-2H3. The molecule has 0 amide bonds. The first-order valence-electron chi connectivity index (χ1n) is 7.73. The number of piperidine rings is 1. The van der Waals surface area contributed by atoms with Gasteiger partial charge in [0, 0.05) is 30.8 Å². The van der Waals surface area contributed by atoms with Crippen LogP contribution in [0.2, 0.25) is 0 Å². The molecule has 1 heterocycles. The van der Waals surface area contributed by atoms with E-state index in [9.17, 15) is 10.1 Å². The number of rotatable bonds is 5. The van der Waals surface area contributed by atoms with E-state index in [1.807, 2.05) is 13.0 Å². The van der Waals surface area contributed by atoms with Crippen LogP contribution in [0.4, 0.5) is 5.69 Å². The summed E-state index contributed by atoms with van der Waals surface area (Å²) in [5.74, 6) is 0.765. The van der Waals surface area contributed by atoms with Gasteiger partial charge in [0.15, 0.2) is 0 Å². The second-order valence-electron chi connectivity index (χ2n) is 5.98. The van der Waals surface area contributed by atoms with Crippen LogP contribution in [0.5, 0.6) is 0 Å². The lowest BCUT2D eigenvalue weighted by Crippen LogP contribution is -2.46. The first-order valence-corrected chi connectivity index (χ1v) is 7.73. The largest absolute Gasteiger partial charge is 0.329 e. The summed E-state index contributed by atoms with van der Waals surface area (Å²) in [5, 5.41) is 11.0. The Morgan fingerprint density at radius 1 is 1.48 bits per heavy atom. The minimum atomic E-state index is -0.303. The summed E-state index contributed by atoms with van der Waals surface area (Å²) in [4.78, 5) is 13.1. The van der Waals surface area contributed by atoms with E-state index in [-0.39, 0.29) is 10.6 Å². The van der Waals surface area contributed by atoms with Gasteiger partial charge in [-0.3, -0.25) is 15.0 Å². The molecule has 1 saturated heterocycles. The maximum absolute atomic E-state index is 11.0. The molecule has 0 aliphatic carbocycles. The highest BCUT2D eigenvalue weighted by Crippen LogP contribution is 2.28. The van der Waals surface area contributed by atoms with Crippen LogP contribution in [-0.4, -0.2) is 29.0 Å². The van der Waals surface area contributed by atoms with E-state index in [2.05, 4.69) is 11.8 Å². The molecule has 2 N–H and O–H groups in total. The maximum Gasteiger partial charge on any atom is 0.272 e. The van der Waals surface area contributed by atoms with Crippen molar-refractivity contribution in [3.05, 3.63) is 39.4 Å². The number of hydrogen-bond acceptors (Lipinski definition) is 4. The van der Waals surface area contributed by atoms with Crippen LogP contribution in [-0.2, 0) is 6.54 Å². The Morgan fingerprint density at radius 2 is 2.24 bits per heavy atom. The Bertz CT molecular complexity index is 504. The molecular formula is C16H25N3O2. The molecule has 5 nitrogen and oxygen atoms in total. The van der Waals surface area contributed by atoms with Crippen molar-refractivity contribution in [3.8, 4) is 0 Å². The summed E-state index contributed by atoms with van der Waals surface area (Å²) in [7, 11) is 0. The van der Waals surface area contributed by atoms with Crippen molar-refractivity contribution in [2.75, 3.05) is 13.1 Å². The molecule has 2 unspecified atom stereocenters. The fourth-order valence-corrected chi connectivity index (χ4v) is 3.26. The highest BCUT2D eigenvalue weighted by atomic mass is 16.6. The molecule has 116 valence electrons. The topological polar surface area (TPSA) is 72.4 Å². The summed E-state index contributed by atoms with van der Waals surface area (Å²) >= 11 is 0. The van der Waals surface area contributed by atoms with Gasteiger partial charge < -0.3 is 5.73 Å². The van der Waals surface area contributed by atoms with Crippen molar-refractivity contribution in [1.29, 1.82) is 0 Å². The molecule has 2 rings (SSSR count). The van der Waals surface area contributed by atoms with E-state index >= 15 is 0 Å². The minimum absolute atomic E-state index is 0.209. The van der Waals surface area contributed by atoms with Gasteiger partial charge >= 0.3 is 0 Å². The van der Waals surface area contributed by atoms with Gasteiger partial charge in [-0.1, -0.05) is 25.5 Å². The third-order valence-corrected chi connectivity index (χ3v) is 4.78. The van der Waals surface area contributed by atoms with Gasteiger partial charge in [0.25, 0.3) is 5.69 Å². The van der Waals surface area contributed by atoms with Gasteiger partial charge in [-0.15, -0.1) is 0 Å². The van der Waals surface area contributed by atoms with E-state index in [1.165, 1.54) is 12.8 Å². The molecule has 5 heteroatoms. The van der Waals surface area contributed by atoms with Crippen molar-refractivity contribution in [3.63, 3.8) is 0 Å². The Morgan fingerprint density at radius 3 is 2.86 bits per heavy atom. The van der Waals surface area contributed by atoms with Gasteiger partial charge in [0.05, 0.1) is 4.92 Å². The number of benzene rings is 1. The van der Waals surface area contributed by atoms with Crippen molar-refractivity contribution >= 4 is 5.69 Å². The predicted molar refractivity (Wildman–Crippen MR) is 84.1 cm³/mol. The fraction of sp³-hybridized carbons (Fsp3) is 0.625. The number of nitrogens with zero attached hydrogens (tertiary/aromatic N) is 2. The minimum Gasteiger partial charge on any atom is -0.329 e. The molecule has 0 saturated carbocycles. The van der Waals surface area contributed by atoms with Crippen LogP contribution in [0.15, 0.2) is 18.2 Å². The Balaban J connectivity index is 2.14. The molecule has 0 radical (unpaired) electrons. The van der Waals surface area contributed by atoms with E-state index in [1.54, 1.807) is 12.1 Å². The molecule has 1 aromatic carbocycles. The lowest BCUT2D eigenvalue weighted by molar-refractivity contribution is -0.385. The number of nitrogens with two attached hydrogens (primary N) is 1. The van der Waals surface area contributed by atoms with Crippen molar-refractivity contribution in [2.45, 2.75) is 45.7 Å². The maximum atomic E-state index is 11.0. The highest BCUT2D eigenvalue weighted by molar-refractivity contribution is 5.44. The molecule has 0 spiro atoms. The van der Waals surface area contributed by atoms with Crippen LogP contribution in [0.3, 0.4) is 0 Å². The van der Waals surface area contributed by atoms with Gasteiger partial charge in [0.2, 0.25) is 0 Å². The lowest BCUT2D eigenvalue weighted by Gasteiger charge is -2.39. The quantitative estimate of drug-likeness (QED) is 0.669. The van der Waals surface area contributed by atoms with E-state index in [4.69, 9.17) is 5.73 Å². The zero-order valence-corrected chi connectivity index (χ0v) is 12.9. The zero-order valence-electron chi connectivity index (χ0n) is 12.9. The fourth-order valence-electron chi connectivity index (χ4n) is 3.26. The zero-order chi connectivity index (χ0) is 15.4. The van der Waals surface area contributed by atoms with Gasteiger partial charge in [-0.2, -0.15) is 0 Å². The first-order chi connectivity index (χ1) is 10.1. The number of likely N-dealkylation sites (tertiary alicyclic amines) is 1. The molecule has 21 heavy (non-hydrogen) atoms. The summed E-state index contributed by atoms with van der Waals surface area (Å²) in [6.07, 6.45) is 3.54. The molecule has 1 aromatic rings. The first kappa shape index (κ1) is 15.9. The second kappa shape index (κ2) is 7.00. The highest BCUT2D eigenvalue weighted by Gasteiger charge is 2.27. The second-order valence-corrected chi connectivity index (χ2v) is 5.98. The van der Waals surface area contributed by atoms with Crippen LogP contribution in [0, 0.1) is 23.0 Å². The number of nitro benzene ring substituents is 1. The van der Waals surface area contributed by atoms with Gasteiger partial charge in [0.1, 0.15) is 0 Å². The van der Waals surface area contributed by atoms with Crippen molar-refractivity contribution < 1.29 is 4.92 Å². The van der Waals surface area contributed by atoms with Gasteiger partial charge in [-0.25, -0.2) is 0 Å². The van der Waals surface area contributed by atoms with Crippen molar-refractivity contribution in [2.24, 2.45) is 11.7 Å². The summed E-state index contributed by atoms with van der Waals surface area (Å²) in [6, 6.07) is 5.73. The van der Waals surface area contributed by atoms with Crippen LogP contribution in [0.25, 0.3) is 0 Å². The average molecular weight is 291 g/mol. The lowest BCUT2D eigenvalue weighted by atomic mass is 9.88. The molecular weight excluding hydrogens is 266 g/mol. The number of nitro groups is 1. The summed E-state index contributed by atoms with van der Waals surface area (Å²) in [5.41, 5.74) is 7.95. The van der Waals surface area contributed by atoms with Gasteiger partial charge in [-0.05, 0) is 37.8 Å². The van der Waals surface area contributed by atoms with E-state index in [0.29, 0.717) is 12.6 Å². The van der Waals surface area contributed by atoms with Crippen LogP contribution < -0.4 is 5.73 Å². The van der Waals surface area contributed by atoms with E-state index in [0.717, 1.165) is 36.6 Å². The van der Waals surface area contributed by atoms with E-state index < -0.39 is 0 Å². The normalized spacial score (nSPS) is 23.2. The van der Waals surface area contributed by atoms with Crippen molar-refractivity contribution in [1.82, 2.24) is 4.90 Å². The molecule has 1 aliphatic heterocycles. The Labute approximate surface area is 126 Å². The Hall–Kier alpha value is -1.46. The third-order valence-electron chi connectivity index (χ3n) is 4.78. The SMILES string of the molecule is CCC1CCN(Cc2cccc([N+](=O)[O-])c2C)C(CN)C1. The Kier molecular flexibility index (Phi) is 5.31. The van der Waals surface area contributed by atoms with Crippen LogP contribution in [0.1, 0.15) is 37.3 Å². The summed E-state index contributed by atoms with van der Waals surface area (Å²) in [6.45, 7) is 6.51. The molecule has 1 aliphatic rings. The molecule has 0 bridgehead atoms. The third kappa shape index (κ3) is 3.60. The average Bonchev–Trinajstić information content (AvgIpc) is 2.49. The molecule has 0 aromatic heterocycles. The predicted octanol–water partition coefficient (Wildman–Crippen LogP) is 2.85. The van der Waals surface area contributed by atoms with Crippen LogP contribution >= 0.6 is 0 Å². The summed E-state index contributed by atoms with van der Waals surface area (Å²) < 4.78 is 0. The molecule has 2 atom stereocenters. The number of hydrogen-bond donors (Lipinski definition) is 1. The smallest absolute Gasteiger partial charge is 0.272 e.